The van der Waals surface area contributed by atoms with E-state index in [0.29, 0.717) is 48.1 Å². The first-order chi connectivity index (χ1) is 20.0. The summed E-state index contributed by atoms with van der Waals surface area (Å²) in [5, 5.41) is 8.49. The Bertz CT molecular complexity index is 1620. The van der Waals surface area contributed by atoms with Gasteiger partial charge in [-0.1, -0.05) is 0 Å². The molecule has 0 saturated carbocycles. The van der Waals surface area contributed by atoms with Gasteiger partial charge in [0, 0.05) is 50.7 Å². The molecule has 1 aromatic carbocycles. The van der Waals surface area contributed by atoms with Gasteiger partial charge >= 0.3 is 6.09 Å². The predicted octanol–water partition coefficient (Wildman–Crippen LogP) is 3.74. The zero-order chi connectivity index (χ0) is 30.2. The largest absolute Gasteiger partial charge is 0.478 e. The van der Waals surface area contributed by atoms with Crippen molar-refractivity contribution in [3.05, 3.63) is 42.0 Å². The van der Waals surface area contributed by atoms with E-state index in [4.69, 9.17) is 19.3 Å². The number of aryl methyl sites for hydroxylation is 1. The molecule has 13 nitrogen and oxygen atoms in total. The van der Waals surface area contributed by atoms with Crippen molar-refractivity contribution in [1.82, 2.24) is 29.0 Å². The van der Waals surface area contributed by atoms with E-state index in [1.807, 2.05) is 46.2 Å². The molecule has 0 radical (unpaired) electrons. The molecule has 1 aliphatic heterocycles. The summed E-state index contributed by atoms with van der Waals surface area (Å²) in [6.45, 7) is 9.84. The van der Waals surface area contributed by atoms with E-state index in [1.54, 1.807) is 40.4 Å². The standard InChI is InChI=1S/C29H38N8O5/c1-18-14-36-17-23(32-27(41-7)25(36)30-18)31-26(38)20-8-9-22(21-16-37(12-13-40-6)33-24(20)21)35-11-10-19(15-35)34(5)28(39)42-29(2,3)4/h8-9,14,16-17,19H,10-13,15H2,1-7H3,(H,31,38). The van der Waals surface area contributed by atoms with Crippen molar-refractivity contribution in [2.24, 2.45) is 0 Å². The molecule has 1 aliphatic rings. The zero-order valence-electron chi connectivity index (χ0n) is 25.2. The van der Waals surface area contributed by atoms with Gasteiger partial charge in [0.15, 0.2) is 5.82 Å². The highest BCUT2D eigenvalue weighted by atomic mass is 16.6. The van der Waals surface area contributed by atoms with E-state index >= 15 is 0 Å². The summed E-state index contributed by atoms with van der Waals surface area (Å²) in [7, 11) is 4.93. The number of likely N-dealkylation sites (N-methyl/N-ethyl adjacent to an activating group) is 1. The van der Waals surface area contributed by atoms with Gasteiger partial charge in [-0.25, -0.2) is 9.78 Å². The Hall–Kier alpha value is -4.39. The minimum Gasteiger partial charge on any atom is -0.478 e. The molecule has 0 aliphatic carbocycles. The normalized spacial score (nSPS) is 15.4. The molecule has 3 aromatic heterocycles. The number of nitrogens with one attached hydrogen (secondary N) is 1. The molecular weight excluding hydrogens is 540 g/mol. The third-order valence-electron chi connectivity index (χ3n) is 7.17. The number of rotatable bonds is 8. The molecule has 0 bridgehead atoms. The molecule has 1 atom stereocenters. The second kappa shape index (κ2) is 11.5. The SMILES string of the molecule is COCCn1cc2c(N3CCC(N(C)C(=O)OC(C)(C)C)C3)ccc(C(=O)Nc3cn4cc(C)nc4c(OC)n3)c2n1. The van der Waals surface area contributed by atoms with Crippen LogP contribution >= 0.6 is 0 Å². The van der Waals surface area contributed by atoms with E-state index < -0.39 is 5.60 Å². The van der Waals surface area contributed by atoms with Crippen molar-refractivity contribution in [3.63, 3.8) is 0 Å². The van der Waals surface area contributed by atoms with Crippen LogP contribution in [-0.4, -0.2) is 93.7 Å². The summed E-state index contributed by atoms with van der Waals surface area (Å²) in [5.41, 5.74) is 2.73. The van der Waals surface area contributed by atoms with Gasteiger partial charge in [-0.2, -0.15) is 10.1 Å². The summed E-state index contributed by atoms with van der Waals surface area (Å²) in [6, 6.07) is 3.71. The number of ether oxygens (including phenoxy) is 3. The Morgan fingerprint density at radius 1 is 1.14 bits per heavy atom. The summed E-state index contributed by atoms with van der Waals surface area (Å²) in [4.78, 5) is 39.0. The number of methoxy groups -OCH3 is 2. The average molecular weight is 579 g/mol. The van der Waals surface area contributed by atoms with E-state index in [0.717, 1.165) is 29.7 Å². The quantitative estimate of drug-likeness (QED) is 0.332. The summed E-state index contributed by atoms with van der Waals surface area (Å²) >= 11 is 0. The van der Waals surface area contributed by atoms with Crippen LogP contribution in [0.5, 0.6) is 5.88 Å². The van der Waals surface area contributed by atoms with Crippen LogP contribution < -0.4 is 15.0 Å². The number of anilines is 2. The number of benzene rings is 1. The lowest BCUT2D eigenvalue weighted by Gasteiger charge is -2.29. The van der Waals surface area contributed by atoms with Crippen molar-refractivity contribution < 1.29 is 23.8 Å². The topological polar surface area (TPSA) is 128 Å². The van der Waals surface area contributed by atoms with Gasteiger partial charge < -0.3 is 29.3 Å². The van der Waals surface area contributed by atoms with Crippen LogP contribution in [0, 0.1) is 6.92 Å². The fraction of sp³-hybridized carbons (Fsp3) is 0.483. The number of carbonyl (C=O) groups excluding carboxylic acids is 2. The summed E-state index contributed by atoms with van der Waals surface area (Å²) < 4.78 is 19.8. The average Bonchev–Trinajstić information content (AvgIpc) is 3.67. The first kappa shape index (κ1) is 29.1. The molecule has 1 unspecified atom stereocenters. The van der Waals surface area contributed by atoms with Gasteiger partial charge in [-0.05, 0) is 46.2 Å². The number of fused-ring (bicyclic) bond motifs is 2. The van der Waals surface area contributed by atoms with Crippen LogP contribution in [0.4, 0.5) is 16.3 Å². The zero-order valence-corrected chi connectivity index (χ0v) is 25.2. The lowest BCUT2D eigenvalue weighted by atomic mass is 10.1. The van der Waals surface area contributed by atoms with Crippen LogP contribution in [-0.2, 0) is 16.0 Å². The molecule has 2 amide bonds. The molecule has 42 heavy (non-hydrogen) atoms. The molecular formula is C29H38N8O5. The smallest absolute Gasteiger partial charge is 0.410 e. The number of imidazole rings is 1. The van der Waals surface area contributed by atoms with Crippen LogP contribution in [0.2, 0.25) is 0 Å². The van der Waals surface area contributed by atoms with Crippen molar-refractivity contribution in [2.45, 2.75) is 52.3 Å². The van der Waals surface area contributed by atoms with Crippen LogP contribution in [0.3, 0.4) is 0 Å². The van der Waals surface area contributed by atoms with Gasteiger partial charge in [-0.15, -0.1) is 0 Å². The summed E-state index contributed by atoms with van der Waals surface area (Å²) in [5.74, 6) is 0.286. The maximum atomic E-state index is 13.6. The third kappa shape index (κ3) is 5.96. The maximum absolute atomic E-state index is 13.6. The fourth-order valence-corrected chi connectivity index (χ4v) is 5.13. The van der Waals surface area contributed by atoms with Gasteiger partial charge in [-0.3, -0.25) is 13.9 Å². The highest BCUT2D eigenvalue weighted by Gasteiger charge is 2.32. The molecule has 4 aromatic rings. The van der Waals surface area contributed by atoms with Gasteiger partial charge in [0.05, 0.1) is 43.8 Å². The number of hydrogen-bond acceptors (Lipinski definition) is 9. The highest BCUT2D eigenvalue weighted by molar-refractivity contribution is 6.13. The fourth-order valence-electron chi connectivity index (χ4n) is 5.13. The second-order valence-electron chi connectivity index (χ2n) is 11.5. The Morgan fingerprint density at radius 2 is 1.93 bits per heavy atom. The number of amides is 2. The van der Waals surface area contributed by atoms with E-state index in [-0.39, 0.29) is 18.0 Å². The molecule has 5 rings (SSSR count). The number of aromatic nitrogens is 5. The molecule has 1 N–H and O–H groups in total. The van der Waals surface area contributed by atoms with Crippen LogP contribution in [0.1, 0.15) is 43.2 Å². The Kier molecular flexibility index (Phi) is 7.95. The number of hydrogen-bond donors (Lipinski definition) is 1. The molecule has 13 heteroatoms. The Balaban J connectivity index is 1.43. The lowest BCUT2D eigenvalue weighted by Crippen LogP contribution is -2.42. The lowest BCUT2D eigenvalue weighted by molar-refractivity contribution is 0.0237. The number of carbonyl (C=O) groups is 2. The van der Waals surface area contributed by atoms with Crippen molar-refractivity contribution in [3.8, 4) is 5.88 Å². The van der Waals surface area contributed by atoms with Gasteiger partial charge in [0.25, 0.3) is 11.8 Å². The van der Waals surface area contributed by atoms with E-state index in [2.05, 4.69) is 20.2 Å². The van der Waals surface area contributed by atoms with Crippen LogP contribution in [0.25, 0.3) is 16.6 Å². The first-order valence-corrected chi connectivity index (χ1v) is 13.9. The Morgan fingerprint density at radius 3 is 2.64 bits per heavy atom. The molecule has 0 spiro atoms. The maximum Gasteiger partial charge on any atom is 0.410 e. The Labute approximate surface area is 244 Å². The molecule has 224 valence electrons. The molecule has 1 fully saturated rings. The minimum atomic E-state index is -0.562. The van der Waals surface area contributed by atoms with Gasteiger partial charge in [0.2, 0.25) is 5.65 Å². The predicted molar refractivity (Wildman–Crippen MR) is 158 cm³/mol. The first-order valence-electron chi connectivity index (χ1n) is 13.9. The third-order valence-corrected chi connectivity index (χ3v) is 7.17. The highest BCUT2D eigenvalue weighted by Crippen LogP contribution is 2.33. The van der Waals surface area contributed by atoms with E-state index in [9.17, 15) is 9.59 Å². The molecule has 4 heterocycles. The van der Waals surface area contributed by atoms with E-state index in [1.165, 1.54) is 7.11 Å². The van der Waals surface area contributed by atoms with Crippen molar-refractivity contribution >= 4 is 40.1 Å². The number of nitrogens with zero attached hydrogens (tertiary/aromatic N) is 7. The monoisotopic (exact) mass is 578 g/mol. The van der Waals surface area contributed by atoms with Gasteiger partial charge in [0.1, 0.15) is 11.1 Å². The summed E-state index contributed by atoms with van der Waals surface area (Å²) in [6.07, 6.45) is 5.93. The second-order valence-corrected chi connectivity index (χ2v) is 11.5. The van der Waals surface area contributed by atoms with Crippen LogP contribution in [0.15, 0.2) is 30.7 Å². The van der Waals surface area contributed by atoms with Crippen molar-refractivity contribution in [1.29, 1.82) is 0 Å². The van der Waals surface area contributed by atoms with Crippen molar-refractivity contribution in [2.75, 3.05) is 51.2 Å². The molecule has 1 saturated heterocycles. The minimum absolute atomic E-state index is 0.0100.